The molecule has 2 aromatic carbocycles. The molecule has 0 N–H and O–H groups in total. The van der Waals surface area contributed by atoms with Crippen molar-refractivity contribution in [2.24, 2.45) is 0 Å². The summed E-state index contributed by atoms with van der Waals surface area (Å²) in [6.45, 7) is 5.74. The molecule has 0 spiro atoms. The van der Waals surface area contributed by atoms with Crippen molar-refractivity contribution in [3.63, 3.8) is 0 Å². The molecule has 6 heteroatoms. The van der Waals surface area contributed by atoms with Gasteiger partial charge >= 0.3 is 0 Å². The van der Waals surface area contributed by atoms with Crippen molar-refractivity contribution in [2.45, 2.75) is 37.6 Å². The van der Waals surface area contributed by atoms with Crippen LogP contribution in [0, 0.1) is 6.92 Å². The zero-order valence-electron chi connectivity index (χ0n) is 14.5. The van der Waals surface area contributed by atoms with E-state index >= 15 is 0 Å². The lowest BCUT2D eigenvalue weighted by molar-refractivity contribution is -0.159. The molecule has 1 saturated heterocycles. The van der Waals surface area contributed by atoms with Crippen LogP contribution >= 0.6 is 0 Å². The Balaban J connectivity index is 1.70. The first-order chi connectivity index (χ1) is 12.0. The second kappa shape index (κ2) is 7.66. The van der Waals surface area contributed by atoms with Crippen LogP contribution in [0.25, 0.3) is 0 Å². The predicted octanol–water partition coefficient (Wildman–Crippen LogP) is 2.95. The molecule has 1 heterocycles. The van der Waals surface area contributed by atoms with Crippen molar-refractivity contribution in [3.8, 4) is 0 Å². The quantitative estimate of drug-likeness (QED) is 0.767. The molecule has 134 valence electrons. The first-order valence-electron chi connectivity index (χ1n) is 8.35. The van der Waals surface area contributed by atoms with Gasteiger partial charge in [-0.3, -0.25) is 4.90 Å². The van der Waals surface area contributed by atoms with Gasteiger partial charge in [0.15, 0.2) is 6.29 Å². The van der Waals surface area contributed by atoms with E-state index in [0.717, 1.165) is 18.7 Å². The maximum absolute atomic E-state index is 12.5. The molecule has 2 aromatic rings. The van der Waals surface area contributed by atoms with E-state index in [1.54, 1.807) is 24.3 Å². The number of nitrogens with zero attached hydrogens (tertiary/aromatic N) is 1. The van der Waals surface area contributed by atoms with Crippen LogP contribution in [0.3, 0.4) is 0 Å². The molecule has 0 amide bonds. The van der Waals surface area contributed by atoms with Gasteiger partial charge in [0.25, 0.3) is 10.1 Å². The molecule has 0 aromatic heterocycles. The molecule has 3 rings (SSSR count). The molecule has 1 fully saturated rings. The minimum Gasteiger partial charge on any atom is -0.348 e. The minimum absolute atomic E-state index is 0.147. The Kier molecular flexibility index (Phi) is 5.54. The summed E-state index contributed by atoms with van der Waals surface area (Å²) < 4.78 is 36.0. The van der Waals surface area contributed by atoms with Gasteiger partial charge in [-0.1, -0.05) is 48.0 Å². The van der Waals surface area contributed by atoms with Crippen molar-refractivity contribution >= 4 is 10.1 Å². The molecular weight excluding hydrogens is 338 g/mol. The van der Waals surface area contributed by atoms with Crippen LogP contribution in [0.15, 0.2) is 59.5 Å². The average Bonchev–Trinajstić information content (AvgIpc) is 2.60. The summed E-state index contributed by atoms with van der Waals surface area (Å²) in [7, 11) is -3.86. The Morgan fingerprint density at radius 2 is 1.80 bits per heavy atom. The smallest absolute Gasteiger partial charge is 0.299 e. The Labute approximate surface area is 149 Å². The van der Waals surface area contributed by atoms with E-state index < -0.39 is 16.4 Å². The largest absolute Gasteiger partial charge is 0.348 e. The number of benzene rings is 2. The third-order valence-corrected chi connectivity index (χ3v) is 5.68. The lowest BCUT2D eigenvalue weighted by Crippen LogP contribution is -2.50. The highest BCUT2D eigenvalue weighted by Gasteiger charge is 2.33. The van der Waals surface area contributed by atoms with Gasteiger partial charge in [-0.05, 0) is 31.5 Å². The van der Waals surface area contributed by atoms with E-state index in [2.05, 4.69) is 17.0 Å². The lowest BCUT2D eigenvalue weighted by atomic mass is 10.1. The van der Waals surface area contributed by atoms with Gasteiger partial charge in [0, 0.05) is 13.1 Å². The third-order valence-electron chi connectivity index (χ3n) is 4.39. The maximum atomic E-state index is 12.5. The zero-order valence-corrected chi connectivity index (χ0v) is 15.3. The van der Waals surface area contributed by atoms with Crippen molar-refractivity contribution in [3.05, 3.63) is 65.7 Å². The standard InChI is InChI=1S/C19H23NO4S/c1-15-8-10-18(11-9-15)25(21,22)24-19-16(2)20(12-13-23-19)14-17-6-4-3-5-7-17/h3-11,16,19H,12-14H2,1-2H3. The molecular formula is C19H23NO4S. The maximum Gasteiger partial charge on any atom is 0.299 e. The van der Waals surface area contributed by atoms with E-state index in [-0.39, 0.29) is 10.9 Å². The van der Waals surface area contributed by atoms with Gasteiger partial charge in [0.1, 0.15) is 0 Å². The number of aryl methyl sites for hydroxylation is 1. The summed E-state index contributed by atoms with van der Waals surface area (Å²) in [6.07, 6.45) is -0.816. The number of ether oxygens (including phenoxy) is 1. The second-order valence-electron chi connectivity index (χ2n) is 6.30. The first kappa shape index (κ1) is 18.1. The summed E-state index contributed by atoms with van der Waals surface area (Å²) in [5, 5.41) is 0. The Hall–Kier alpha value is -1.73. The molecule has 5 nitrogen and oxygen atoms in total. The number of rotatable bonds is 5. The number of morpholine rings is 1. The topological polar surface area (TPSA) is 55.8 Å². The lowest BCUT2D eigenvalue weighted by Gasteiger charge is -2.38. The summed E-state index contributed by atoms with van der Waals surface area (Å²) in [5.74, 6) is 0. The van der Waals surface area contributed by atoms with E-state index in [4.69, 9.17) is 8.92 Å². The molecule has 0 saturated carbocycles. The number of hydrogen-bond donors (Lipinski definition) is 0. The van der Waals surface area contributed by atoms with Crippen LogP contribution in [-0.4, -0.2) is 38.8 Å². The third kappa shape index (κ3) is 4.46. The van der Waals surface area contributed by atoms with E-state index in [1.807, 2.05) is 32.0 Å². The Morgan fingerprint density at radius 3 is 2.48 bits per heavy atom. The first-order valence-corrected chi connectivity index (χ1v) is 9.76. The van der Waals surface area contributed by atoms with Gasteiger partial charge in [-0.2, -0.15) is 8.42 Å². The highest BCUT2D eigenvalue weighted by atomic mass is 32.2. The molecule has 0 bridgehead atoms. The molecule has 0 aliphatic carbocycles. The van der Waals surface area contributed by atoms with Gasteiger partial charge in [0.05, 0.1) is 17.5 Å². The van der Waals surface area contributed by atoms with Crippen LogP contribution in [0.5, 0.6) is 0 Å². The monoisotopic (exact) mass is 361 g/mol. The predicted molar refractivity (Wildman–Crippen MR) is 95.5 cm³/mol. The summed E-state index contributed by atoms with van der Waals surface area (Å²) in [4.78, 5) is 2.32. The second-order valence-corrected chi connectivity index (χ2v) is 7.87. The Morgan fingerprint density at radius 1 is 1.12 bits per heavy atom. The van der Waals surface area contributed by atoms with Crippen LogP contribution in [0.2, 0.25) is 0 Å². The van der Waals surface area contributed by atoms with Crippen LogP contribution in [-0.2, 0) is 25.6 Å². The fraction of sp³-hybridized carbons (Fsp3) is 0.368. The highest BCUT2D eigenvalue weighted by Crippen LogP contribution is 2.22. The van der Waals surface area contributed by atoms with Gasteiger partial charge in [0.2, 0.25) is 0 Å². The fourth-order valence-electron chi connectivity index (χ4n) is 2.84. The van der Waals surface area contributed by atoms with Gasteiger partial charge in [-0.25, -0.2) is 4.18 Å². The zero-order chi connectivity index (χ0) is 17.9. The summed E-state index contributed by atoms with van der Waals surface area (Å²) in [6, 6.07) is 16.5. The van der Waals surface area contributed by atoms with Gasteiger partial charge in [-0.15, -0.1) is 0 Å². The average molecular weight is 361 g/mol. The van der Waals surface area contributed by atoms with Crippen molar-refractivity contribution < 1.29 is 17.3 Å². The number of hydrogen-bond acceptors (Lipinski definition) is 5. The van der Waals surface area contributed by atoms with E-state index in [1.165, 1.54) is 5.56 Å². The molecule has 0 radical (unpaired) electrons. The summed E-state index contributed by atoms with van der Waals surface area (Å²) in [5.41, 5.74) is 2.17. The van der Waals surface area contributed by atoms with Crippen LogP contribution in [0.4, 0.5) is 0 Å². The van der Waals surface area contributed by atoms with Crippen molar-refractivity contribution in [2.75, 3.05) is 13.2 Å². The molecule has 2 unspecified atom stereocenters. The minimum atomic E-state index is -3.86. The molecule has 1 aliphatic heterocycles. The fourth-order valence-corrected chi connectivity index (χ4v) is 3.88. The SMILES string of the molecule is Cc1ccc(S(=O)(=O)OC2OCCN(Cc3ccccc3)C2C)cc1. The highest BCUT2D eigenvalue weighted by molar-refractivity contribution is 7.86. The molecule has 2 atom stereocenters. The van der Waals surface area contributed by atoms with Crippen molar-refractivity contribution in [1.82, 2.24) is 4.90 Å². The van der Waals surface area contributed by atoms with E-state index in [9.17, 15) is 8.42 Å². The molecule has 1 aliphatic rings. The summed E-state index contributed by atoms with van der Waals surface area (Å²) >= 11 is 0. The Bertz CT molecular complexity index is 790. The van der Waals surface area contributed by atoms with Crippen LogP contribution in [0.1, 0.15) is 18.1 Å². The van der Waals surface area contributed by atoms with Crippen LogP contribution < -0.4 is 0 Å². The van der Waals surface area contributed by atoms with E-state index in [0.29, 0.717) is 6.61 Å². The van der Waals surface area contributed by atoms with Crippen molar-refractivity contribution in [1.29, 1.82) is 0 Å². The van der Waals surface area contributed by atoms with Gasteiger partial charge < -0.3 is 4.74 Å². The normalized spacial score (nSPS) is 22.0. The molecule has 25 heavy (non-hydrogen) atoms.